The fourth-order valence-corrected chi connectivity index (χ4v) is 1.06. The predicted molar refractivity (Wildman–Crippen MR) is 43.1 cm³/mol. The molecule has 0 aromatic carbocycles. The Labute approximate surface area is 62.5 Å². The highest BCUT2D eigenvalue weighted by Crippen LogP contribution is 2.15. The molecule has 0 saturated heterocycles. The van der Waals surface area contributed by atoms with Gasteiger partial charge in [0.15, 0.2) is 0 Å². The fourth-order valence-electron chi connectivity index (χ4n) is 1.06. The Balaban J connectivity index is 0.000000180. The molecule has 10 heavy (non-hydrogen) atoms. The second kappa shape index (κ2) is 7.26. The molecule has 1 saturated carbocycles. The molecule has 0 aliphatic heterocycles. The van der Waals surface area contributed by atoms with Gasteiger partial charge in [-0.25, -0.2) is 0 Å². The van der Waals surface area contributed by atoms with E-state index in [2.05, 4.69) is 5.50 Å². The van der Waals surface area contributed by atoms with Crippen molar-refractivity contribution in [1.29, 1.82) is 0 Å². The molecule has 0 aromatic heterocycles. The van der Waals surface area contributed by atoms with E-state index < -0.39 is 8.18 Å². The first kappa shape index (κ1) is 10.2. The van der Waals surface area contributed by atoms with Gasteiger partial charge < -0.3 is 4.89 Å². The monoisotopic (exact) mass is 165 g/mol. The van der Waals surface area contributed by atoms with Crippen molar-refractivity contribution in [2.24, 2.45) is 5.50 Å². The van der Waals surface area contributed by atoms with Gasteiger partial charge in [-0.3, -0.25) is 10.1 Å². The van der Waals surface area contributed by atoms with E-state index in [1.807, 2.05) is 0 Å². The zero-order chi connectivity index (χ0) is 7.82. The summed E-state index contributed by atoms with van der Waals surface area (Å²) in [5.41, 5.74) is 4.21. The maximum Gasteiger partial charge on any atom is 0.253 e. The average Bonchev–Trinajstić information content (AvgIpc) is 1.90. The van der Waals surface area contributed by atoms with Crippen LogP contribution in [0, 0.1) is 0 Å². The van der Waals surface area contributed by atoms with Gasteiger partial charge in [0.1, 0.15) is 0 Å². The van der Waals surface area contributed by atoms with E-state index >= 15 is 0 Å². The molecular weight excluding hydrogens is 149 g/mol. The van der Waals surface area contributed by atoms with Gasteiger partial charge >= 0.3 is 0 Å². The lowest BCUT2D eigenvalue weighted by molar-refractivity contribution is 0.504. The average molecular weight is 165 g/mol. The minimum atomic E-state index is -2.63. The van der Waals surface area contributed by atoms with Crippen molar-refractivity contribution in [2.45, 2.75) is 38.5 Å². The Kier molecular flexibility index (Phi) is 7.37. The van der Waals surface area contributed by atoms with E-state index in [1.54, 1.807) is 0 Å². The van der Waals surface area contributed by atoms with Gasteiger partial charge in [-0.05, 0) is 0 Å². The SMILES string of the molecule is C1CCCCC1.N[PH](=O)O. The molecular formula is C6H16NO2P. The van der Waals surface area contributed by atoms with Crippen molar-refractivity contribution < 1.29 is 9.46 Å². The van der Waals surface area contributed by atoms with Gasteiger partial charge in [-0.1, -0.05) is 38.5 Å². The van der Waals surface area contributed by atoms with Crippen LogP contribution in [0.1, 0.15) is 38.5 Å². The third-order valence-electron chi connectivity index (χ3n) is 1.50. The van der Waals surface area contributed by atoms with Crippen LogP contribution in [0.2, 0.25) is 0 Å². The molecule has 0 bridgehead atoms. The summed E-state index contributed by atoms with van der Waals surface area (Å²) in [5, 5.41) is 0. The molecule has 1 aliphatic carbocycles. The Morgan fingerprint density at radius 3 is 1.20 bits per heavy atom. The highest BCUT2D eigenvalue weighted by atomic mass is 31.1. The summed E-state index contributed by atoms with van der Waals surface area (Å²) in [6, 6.07) is 0. The molecule has 0 aromatic rings. The standard InChI is InChI=1S/C6H12.H4NO2P/c1-2-4-6-5-3-1;1-4(2)3/h1-6H2;4H,(H3,1,2,3). The molecule has 3 N–H and O–H groups in total. The highest BCUT2D eigenvalue weighted by Gasteiger charge is 1.95. The molecule has 1 unspecified atom stereocenters. The maximum atomic E-state index is 8.96. The van der Waals surface area contributed by atoms with Crippen LogP contribution < -0.4 is 5.50 Å². The second-order valence-electron chi connectivity index (χ2n) is 2.46. The number of rotatable bonds is 0. The lowest BCUT2D eigenvalue weighted by Crippen LogP contribution is -1.85. The summed E-state index contributed by atoms with van der Waals surface area (Å²) in [7, 11) is -2.63. The third kappa shape index (κ3) is 11.0. The van der Waals surface area contributed by atoms with Crippen LogP contribution >= 0.6 is 8.18 Å². The Morgan fingerprint density at radius 2 is 1.10 bits per heavy atom. The first-order chi connectivity index (χ1) is 4.73. The first-order valence-electron chi connectivity index (χ1n) is 3.72. The summed E-state index contributed by atoms with van der Waals surface area (Å²) in [4.78, 5) is 7.38. The normalized spacial score (nSPS) is 20.6. The molecule has 1 aliphatic rings. The molecule has 0 radical (unpaired) electrons. The van der Waals surface area contributed by atoms with Crippen LogP contribution in [0.15, 0.2) is 0 Å². The summed E-state index contributed by atoms with van der Waals surface area (Å²) in [6.45, 7) is 0. The topological polar surface area (TPSA) is 63.3 Å². The summed E-state index contributed by atoms with van der Waals surface area (Å²) < 4.78 is 8.96. The Bertz CT molecular complexity index is 78.2. The van der Waals surface area contributed by atoms with Crippen LogP contribution in [-0.2, 0) is 4.57 Å². The molecule has 3 nitrogen and oxygen atoms in total. The molecule has 1 fully saturated rings. The molecule has 1 rings (SSSR count). The van der Waals surface area contributed by atoms with Crippen LogP contribution in [0.25, 0.3) is 0 Å². The largest absolute Gasteiger partial charge is 0.336 e. The number of hydrogen-bond donors (Lipinski definition) is 2. The minimum Gasteiger partial charge on any atom is -0.336 e. The van der Waals surface area contributed by atoms with Gasteiger partial charge in [0.2, 0.25) is 0 Å². The maximum absolute atomic E-state index is 8.96. The minimum absolute atomic E-state index is 1.50. The quantitative estimate of drug-likeness (QED) is 0.536. The van der Waals surface area contributed by atoms with Crippen molar-refractivity contribution in [3.8, 4) is 0 Å². The number of hydrogen-bond acceptors (Lipinski definition) is 1. The fraction of sp³-hybridized carbons (Fsp3) is 1.00. The van der Waals surface area contributed by atoms with Gasteiger partial charge in [-0.15, -0.1) is 0 Å². The van der Waals surface area contributed by atoms with E-state index in [4.69, 9.17) is 9.46 Å². The Morgan fingerprint density at radius 1 is 1.00 bits per heavy atom. The van der Waals surface area contributed by atoms with Crippen molar-refractivity contribution in [1.82, 2.24) is 0 Å². The molecule has 62 valence electrons. The van der Waals surface area contributed by atoms with Crippen molar-refractivity contribution in [2.75, 3.05) is 0 Å². The van der Waals surface area contributed by atoms with Gasteiger partial charge in [0.05, 0.1) is 0 Å². The molecule has 4 heteroatoms. The third-order valence-corrected chi connectivity index (χ3v) is 1.50. The Hall–Kier alpha value is 0.150. The highest BCUT2D eigenvalue weighted by molar-refractivity contribution is 7.35. The molecule has 0 amide bonds. The summed E-state index contributed by atoms with van der Waals surface area (Å²) in [6.07, 6.45) is 9.00. The van der Waals surface area contributed by atoms with Crippen molar-refractivity contribution in [3.05, 3.63) is 0 Å². The summed E-state index contributed by atoms with van der Waals surface area (Å²) in [5.74, 6) is 0. The van der Waals surface area contributed by atoms with Gasteiger partial charge in [0, 0.05) is 0 Å². The summed E-state index contributed by atoms with van der Waals surface area (Å²) >= 11 is 0. The van der Waals surface area contributed by atoms with E-state index in [0.717, 1.165) is 0 Å². The van der Waals surface area contributed by atoms with Crippen molar-refractivity contribution >= 4 is 8.18 Å². The van der Waals surface area contributed by atoms with Gasteiger partial charge in [0.25, 0.3) is 8.18 Å². The zero-order valence-electron chi connectivity index (χ0n) is 6.18. The molecule has 0 heterocycles. The smallest absolute Gasteiger partial charge is 0.253 e. The van der Waals surface area contributed by atoms with E-state index in [9.17, 15) is 0 Å². The van der Waals surface area contributed by atoms with E-state index in [1.165, 1.54) is 38.5 Å². The van der Waals surface area contributed by atoms with Crippen LogP contribution in [-0.4, -0.2) is 4.89 Å². The van der Waals surface area contributed by atoms with E-state index in [-0.39, 0.29) is 0 Å². The molecule has 0 spiro atoms. The van der Waals surface area contributed by atoms with Crippen molar-refractivity contribution in [3.63, 3.8) is 0 Å². The zero-order valence-corrected chi connectivity index (χ0v) is 7.18. The van der Waals surface area contributed by atoms with E-state index in [0.29, 0.717) is 0 Å². The van der Waals surface area contributed by atoms with Crippen LogP contribution in [0.5, 0.6) is 0 Å². The van der Waals surface area contributed by atoms with Gasteiger partial charge in [-0.2, -0.15) is 0 Å². The number of nitrogens with two attached hydrogens (primary N) is 1. The molecule has 1 atom stereocenters. The second-order valence-corrected chi connectivity index (χ2v) is 3.14. The lowest BCUT2D eigenvalue weighted by atomic mass is 10.0. The van der Waals surface area contributed by atoms with Crippen LogP contribution in [0.3, 0.4) is 0 Å². The lowest BCUT2D eigenvalue weighted by Gasteiger charge is -2.05. The van der Waals surface area contributed by atoms with Crippen LogP contribution in [0.4, 0.5) is 0 Å². The first-order valence-corrected chi connectivity index (χ1v) is 5.15. The predicted octanol–water partition coefficient (Wildman–Crippen LogP) is 1.67.